The first-order valence-electron chi connectivity index (χ1n) is 10.8. The molecule has 0 unspecified atom stereocenters. The predicted molar refractivity (Wildman–Crippen MR) is 125 cm³/mol. The monoisotopic (exact) mass is 448 g/mol. The van der Waals surface area contributed by atoms with Crippen LogP contribution in [0.2, 0.25) is 0 Å². The van der Waals surface area contributed by atoms with E-state index in [1.165, 1.54) is 0 Å². The van der Waals surface area contributed by atoms with E-state index in [9.17, 15) is 18.6 Å². The van der Waals surface area contributed by atoms with Gasteiger partial charge in [0.1, 0.15) is 0 Å². The van der Waals surface area contributed by atoms with Gasteiger partial charge in [0.05, 0.1) is 0 Å². The molecular formula is C21H44N4O4S. The van der Waals surface area contributed by atoms with Crippen LogP contribution in [0.15, 0.2) is 0 Å². The highest BCUT2D eigenvalue weighted by Gasteiger charge is 2.09. The van der Waals surface area contributed by atoms with Crippen molar-refractivity contribution in [2.75, 3.05) is 24.6 Å². The highest BCUT2D eigenvalue weighted by molar-refractivity contribution is 7.85. The number of hydrogen-bond acceptors (Lipinski definition) is 4. The quantitative estimate of drug-likeness (QED) is 0.366. The average molecular weight is 449 g/mol. The zero-order valence-electron chi connectivity index (χ0n) is 20.1. The number of hydrogen-bond donors (Lipinski definition) is 4. The third kappa shape index (κ3) is 24.4. The molecule has 9 heteroatoms. The minimum atomic E-state index is -1.11. The lowest BCUT2D eigenvalue weighted by atomic mass is 10.2. The molecule has 0 bridgehead atoms. The maximum atomic E-state index is 11.6. The third-order valence-corrected chi connectivity index (χ3v) is 4.67. The summed E-state index contributed by atoms with van der Waals surface area (Å²) in [5, 5.41) is 11.0. The van der Waals surface area contributed by atoms with E-state index in [0.717, 1.165) is 13.1 Å². The summed E-state index contributed by atoms with van der Waals surface area (Å²) in [5.41, 5.74) is 0. The molecule has 0 aliphatic rings. The van der Waals surface area contributed by atoms with Gasteiger partial charge in [-0.25, -0.2) is 4.79 Å². The molecule has 0 rings (SSSR count). The molecule has 0 radical (unpaired) electrons. The molecule has 0 spiro atoms. The van der Waals surface area contributed by atoms with E-state index >= 15 is 0 Å². The second kappa shape index (κ2) is 18.2. The molecule has 0 saturated heterocycles. The van der Waals surface area contributed by atoms with E-state index in [1.807, 2.05) is 27.7 Å². The summed E-state index contributed by atoms with van der Waals surface area (Å²) in [6.45, 7) is 17.3. The van der Waals surface area contributed by atoms with Crippen LogP contribution in [0.25, 0.3) is 0 Å². The second-order valence-electron chi connectivity index (χ2n) is 8.67. The van der Waals surface area contributed by atoms with Crippen LogP contribution in [0.1, 0.15) is 68.2 Å². The van der Waals surface area contributed by atoms with Gasteiger partial charge in [-0.1, -0.05) is 27.7 Å². The largest absolute Gasteiger partial charge is 0.354 e. The summed E-state index contributed by atoms with van der Waals surface area (Å²) in [4.78, 5) is 33.7. The Morgan fingerprint density at radius 2 is 1.00 bits per heavy atom. The first kappa shape index (κ1) is 30.6. The van der Waals surface area contributed by atoms with Gasteiger partial charge in [-0.2, -0.15) is 0 Å². The van der Waals surface area contributed by atoms with Gasteiger partial charge in [0.2, 0.25) is 11.8 Å². The number of carbonyl (C=O) groups is 3. The standard InChI is InChI=1S/C12H24N2O3S.C9H20N2O/c1-9(2)13-11(15)5-7-18(17)8-6-12(16)14-10(3)4;1-7(2)5-10-9(12)11-6-8(3)4/h9-10H,5-8H2,1-4H3,(H,13,15)(H,14,16);7-8H,5-6H2,1-4H3,(H2,10,11,12). The Bertz CT molecular complexity index is 481. The maximum absolute atomic E-state index is 11.6. The Kier molecular flexibility index (Phi) is 18.5. The van der Waals surface area contributed by atoms with Crippen molar-refractivity contribution in [3.8, 4) is 0 Å². The van der Waals surface area contributed by atoms with E-state index in [4.69, 9.17) is 0 Å². The third-order valence-electron chi connectivity index (χ3n) is 3.35. The number of rotatable bonds is 12. The first-order chi connectivity index (χ1) is 13.8. The zero-order chi connectivity index (χ0) is 23.7. The van der Waals surface area contributed by atoms with Crippen LogP contribution in [-0.4, -0.2) is 58.7 Å². The smallest absolute Gasteiger partial charge is 0.314 e. The Balaban J connectivity index is 0. The lowest BCUT2D eigenvalue weighted by Gasteiger charge is -2.10. The topological polar surface area (TPSA) is 116 Å². The van der Waals surface area contributed by atoms with Crippen LogP contribution in [0, 0.1) is 11.8 Å². The highest BCUT2D eigenvalue weighted by Crippen LogP contribution is 1.94. The summed E-state index contributed by atoms with van der Waals surface area (Å²) >= 11 is 0. The zero-order valence-corrected chi connectivity index (χ0v) is 20.9. The molecule has 0 aromatic heterocycles. The number of amides is 4. The molecule has 0 aliphatic carbocycles. The van der Waals surface area contributed by atoms with E-state index in [1.54, 1.807) is 0 Å². The van der Waals surface area contributed by atoms with E-state index in [-0.39, 0.29) is 42.8 Å². The fourth-order valence-corrected chi connectivity index (χ4v) is 2.99. The Labute approximate surface area is 185 Å². The van der Waals surface area contributed by atoms with Crippen LogP contribution in [0.5, 0.6) is 0 Å². The van der Waals surface area contributed by atoms with Gasteiger partial charge in [-0.3, -0.25) is 13.8 Å². The fourth-order valence-electron chi connectivity index (χ4n) is 1.96. The van der Waals surface area contributed by atoms with Crippen molar-refractivity contribution in [3.05, 3.63) is 0 Å². The van der Waals surface area contributed by atoms with E-state index in [0.29, 0.717) is 23.3 Å². The van der Waals surface area contributed by atoms with Crippen LogP contribution < -0.4 is 21.3 Å². The van der Waals surface area contributed by atoms with Gasteiger partial charge in [0.15, 0.2) is 0 Å². The van der Waals surface area contributed by atoms with Crippen LogP contribution >= 0.6 is 0 Å². The first-order valence-corrected chi connectivity index (χ1v) is 12.3. The summed E-state index contributed by atoms with van der Waals surface area (Å²) in [5.74, 6) is 1.46. The molecule has 0 atom stereocenters. The van der Waals surface area contributed by atoms with Crippen molar-refractivity contribution in [2.24, 2.45) is 11.8 Å². The summed E-state index contributed by atoms with van der Waals surface area (Å²) in [7, 11) is -1.11. The van der Waals surface area contributed by atoms with E-state index in [2.05, 4.69) is 49.0 Å². The van der Waals surface area contributed by atoms with Gasteiger partial charge in [0, 0.05) is 60.3 Å². The Morgan fingerprint density at radius 3 is 1.27 bits per heavy atom. The minimum absolute atomic E-state index is 0.0580. The molecule has 0 fully saturated rings. The number of carbonyl (C=O) groups excluding carboxylic acids is 3. The molecule has 4 N–H and O–H groups in total. The predicted octanol–water partition coefficient (Wildman–Crippen LogP) is 2.16. The van der Waals surface area contributed by atoms with Crippen LogP contribution in [0.3, 0.4) is 0 Å². The molecule has 0 heterocycles. The van der Waals surface area contributed by atoms with E-state index < -0.39 is 10.8 Å². The molecular weight excluding hydrogens is 404 g/mol. The molecule has 0 saturated carbocycles. The SMILES string of the molecule is CC(C)CNC(=O)NCC(C)C.CC(C)NC(=O)CCS(=O)CCC(=O)NC(C)C. The summed E-state index contributed by atoms with van der Waals surface area (Å²) in [6, 6.07) is 0.142. The minimum Gasteiger partial charge on any atom is -0.354 e. The normalized spacial score (nSPS) is 10.8. The molecule has 30 heavy (non-hydrogen) atoms. The van der Waals surface area contributed by atoms with Crippen molar-refractivity contribution >= 4 is 28.6 Å². The van der Waals surface area contributed by atoms with Gasteiger partial charge >= 0.3 is 6.03 Å². The van der Waals surface area contributed by atoms with Gasteiger partial charge in [-0.05, 0) is 39.5 Å². The van der Waals surface area contributed by atoms with Crippen LogP contribution in [0.4, 0.5) is 4.79 Å². The molecule has 0 aromatic rings. The average Bonchev–Trinajstić information content (AvgIpc) is 2.60. The lowest BCUT2D eigenvalue weighted by molar-refractivity contribution is -0.121. The number of urea groups is 1. The van der Waals surface area contributed by atoms with Gasteiger partial charge < -0.3 is 21.3 Å². The van der Waals surface area contributed by atoms with Crippen molar-refractivity contribution < 1.29 is 18.6 Å². The van der Waals surface area contributed by atoms with Crippen molar-refractivity contribution in [1.29, 1.82) is 0 Å². The molecule has 0 aromatic carbocycles. The number of nitrogens with one attached hydrogen (secondary N) is 4. The Morgan fingerprint density at radius 1 is 0.667 bits per heavy atom. The van der Waals surface area contributed by atoms with Crippen LogP contribution in [-0.2, 0) is 20.4 Å². The maximum Gasteiger partial charge on any atom is 0.314 e. The lowest BCUT2D eigenvalue weighted by Crippen LogP contribution is -2.39. The van der Waals surface area contributed by atoms with Crippen molar-refractivity contribution in [2.45, 2.75) is 80.3 Å². The van der Waals surface area contributed by atoms with Crippen molar-refractivity contribution in [1.82, 2.24) is 21.3 Å². The fraction of sp³-hybridized carbons (Fsp3) is 0.857. The van der Waals surface area contributed by atoms with Gasteiger partial charge in [-0.15, -0.1) is 0 Å². The molecule has 8 nitrogen and oxygen atoms in total. The van der Waals surface area contributed by atoms with Crippen molar-refractivity contribution in [3.63, 3.8) is 0 Å². The molecule has 0 aliphatic heterocycles. The summed E-state index contributed by atoms with van der Waals surface area (Å²) < 4.78 is 11.6. The highest BCUT2D eigenvalue weighted by atomic mass is 32.2. The Hall–Kier alpha value is -1.64. The molecule has 4 amide bonds. The molecule has 178 valence electrons. The van der Waals surface area contributed by atoms with Gasteiger partial charge in [0.25, 0.3) is 0 Å². The second-order valence-corrected chi connectivity index (χ2v) is 10.4. The summed E-state index contributed by atoms with van der Waals surface area (Å²) in [6.07, 6.45) is 0.493.